The molecule has 1 saturated carbocycles. The van der Waals surface area contributed by atoms with Crippen LogP contribution >= 0.6 is 0 Å². The zero-order valence-electron chi connectivity index (χ0n) is 9.77. The number of anilines is 2. The van der Waals surface area contributed by atoms with Crippen molar-refractivity contribution in [2.75, 3.05) is 11.1 Å². The van der Waals surface area contributed by atoms with Gasteiger partial charge in [0.25, 0.3) is 0 Å². The molecule has 0 amide bonds. The number of hydrogen-bond acceptors (Lipinski definition) is 5. The largest absolute Gasteiger partial charge is 0.368 e. The third-order valence-electron chi connectivity index (χ3n) is 2.79. The second-order valence-corrected chi connectivity index (χ2v) is 4.76. The van der Waals surface area contributed by atoms with Crippen molar-refractivity contribution in [1.82, 2.24) is 9.97 Å². The van der Waals surface area contributed by atoms with Crippen LogP contribution in [0.4, 0.5) is 11.8 Å². The molecule has 0 spiro atoms. The van der Waals surface area contributed by atoms with Gasteiger partial charge in [0.15, 0.2) is 0 Å². The summed E-state index contributed by atoms with van der Waals surface area (Å²) in [5, 5.41) is 3.24. The van der Waals surface area contributed by atoms with Gasteiger partial charge in [-0.15, -0.1) is 0 Å². The normalized spacial score (nSPS) is 24.2. The monoisotopic (exact) mass is 221 g/mol. The fourth-order valence-corrected chi connectivity index (χ4v) is 1.97. The lowest BCUT2D eigenvalue weighted by Gasteiger charge is -2.32. The maximum absolute atomic E-state index is 5.77. The van der Waals surface area contributed by atoms with E-state index in [9.17, 15) is 0 Å². The molecule has 0 unspecified atom stereocenters. The first-order valence-electron chi connectivity index (χ1n) is 5.71. The number of nitrogens with two attached hydrogens (primary N) is 2. The van der Waals surface area contributed by atoms with Crippen molar-refractivity contribution in [1.29, 1.82) is 0 Å². The molecule has 0 aliphatic heterocycles. The van der Waals surface area contributed by atoms with E-state index >= 15 is 0 Å². The number of rotatable bonds is 3. The number of nitrogens with one attached hydrogen (secondary N) is 1. The molecule has 0 radical (unpaired) electrons. The molecule has 16 heavy (non-hydrogen) atoms. The highest BCUT2D eigenvalue weighted by Gasteiger charge is 2.29. The van der Waals surface area contributed by atoms with Crippen molar-refractivity contribution in [3.05, 3.63) is 11.8 Å². The second-order valence-electron chi connectivity index (χ2n) is 4.76. The average molecular weight is 221 g/mol. The van der Waals surface area contributed by atoms with Gasteiger partial charge in [0.05, 0.1) is 5.69 Å². The number of nitrogen functional groups attached to an aromatic ring is 1. The minimum atomic E-state index is 0.322. The quantitative estimate of drug-likeness (QED) is 0.710. The Morgan fingerprint density at radius 1 is 1.38 bits per heavy atom. The van der Waals surface area contributed by atoms with Crippen LogP contribution in [0.5, 0.6) is 0 Å². The van der Waals surface area contributed by atoms with Crippen LogP contribution in [0.15, 0.2) is 6.07 Å². The van der Waals surface area contributed by atoms with Crippen LogP contribution in [-0.2, 0) is 0 Å². The molecule has 0 atom stereocenters. The fraction of sp³-hybridized carbons (Fsp3) is 0.636. The first-order valence-corrected chi connectivity index (χ1v) is 5.71. The van der Waals surface area contributed by atoms with Gasteiger partial charge in [-0.25, -0.2) is 4.98 Å². The lowest BCUT2D eigenvalue weighted by atomic mass is 9.78. The van der Waals surface area contributed by atoms with Crippen molar-refractivity contribution < 1.29 is 0 Å². The van der Waals surface area contributed by atoms with E-state index in [0.717, 1.165) is 24.4 Å². The highest BCUT2D eigenvalue weighted by molar-refractivity contribution is 5.42. The summed E-state index contributed by atoms with van der Waals surface area (Å²) in [6, 6.07) is 2.64. The third-order valence-corrected chi connectivity index (χ3v) is 2.79. The molecule has 5 N–H and O–H groups in total. The maximum Gasteiger partial charge on any atom is 0.222 e. The van der Waals surface area contributed by atoms with Gasteiger partial charge in [0.1, 0.15) is 5.82 Å². The molecule has 1 aliphatic carbocycles. The summed E-state index contributed by atoms with van der Waals surface area (Å²) in [5.41, 5.74) is 12.5. The van der Waals surface area contributed by atoms with Crippen molar-refractivity contribution in [3.8, 4) is 0 Å². The standard InChI is InChI=1S/C11H19N5/c1-6(2)14-10-5-9(15-11(13)16-10)7-3-8(12)4-7/h5-8H,3-4,12H2,1-2H3,(H3,13,14,15,16). The Labute approximate surface area is 95.6 Å². The molecule has 5 heteroatoms. The Bertz CT molecular complexity index is 371. The van der Waals surface area contributed by atoms with E-state index in [4.69, 9.17) is 11.5 Å². The van der Waals surface area contributed by atoms with Crippen molar-refractivity contribution in [2.45, 2.75) is 44.7 Å². The summed E-state index contributed by atoms with van der Waals surface area (Å²) in [5.74, 6) is 1.59. The van der Waals surface area contributed by atoms with Gasteiger partial charge in [-0.2, -0.15) is 4.98 Å². The molecular weight excluding hydrogens is 202 g/mol. The molecule has 1 aliphatic rings. The Kier molecular flexibility index (Phi) is 2.96. The van der Waals surface area contributed by atoms with Crippen LogP contribution in [0.1, 0.15) is 38.3 Å². The van der Waals surface area contributed by atoms with Gasteiger partial charge >= 0.3 is 0 Å². The molecule has 0 saturated heterocycles. The lowest BCUT2D eigenvalue weighted by molar-refractivity contribution is 0.345. The number of nitrogens with zero attached hydrogens (tertiary/aromatic N) is 2. The summed E-state index contributed by atoms with van der Waals surface area (Å²) >= 11 is 0. The first kappa shape index (κ1) is 11.1. The molecule has 0 bridgehead atoms. The van der Waals surface area contributed by atoms with E-state index in [1.54, 1.807) is 0 Å². The van der Waals surface area contributed by atoms with E-state index in [2.05, 4.69) is 29.1 Å². The molecular formula is C11H19N5. The van der Waals surface area contributed by atoms with E-state index in [1.165, 1.54) is 0 Å². The highest BCUT2D eigenvalue weighted by atomic mass is 15.1. The summed E-state index contributed by atoms with van der Waals surface area (Å²) < 4.78 is 0. The topological polar surface area (TPSA) is 89.8 Å². The van der Waals surface area contributed by atoms with Crippen LogP contribution in [0.25, 0.3) is 0 Å². The molecule has 1 fully saturated rings. The Morgan fingerprint density at radius 2 is 2.06 bits per heavy atom. The summed E-state index contributed by atoms with van der Waals surface area (Å²) in [6.45, 7) is 4.13. The number of aromatic nitrogens is 2. The minimum Gasteiger partial charge on any atom is -0.368 e. The first-order chi connectivity index (χ1) is 7.54. The van der Waals surface area contributed by atoms with Gasteiger partial charge in [0.2, 0.25) is 5.95 Å². The summed E-state index contributed by atoms with van der Waals surface area (Å²) in [4.78, 5) is 8.43. The van der Waals surface area contributed by atoms with Gasteiger partial charge in [-0.05, 0) is 26.7 Å². The molecule has 1 aromatic heterocycles. The molecule has 1 heterocycles. The van der Waals surface area contributed by atoms with Crippen LogP contribution in [0.3, 0.4) is 0 Å². The zero-order chi connectivity index (χ0) is 11.7. The third kappa shape index (κ3) is 2.41. The summed E-state index contributed by atoms with van der Waals surface area (Å²) in [7, 11) is 0. The zero-order valence-corrected chi connectivity index (χ0v) is 9.77. The maximum atomic E-state index is 5.77. The molecule has 1 aromatic rings. The fourth-order valence-electron chi connectivity index (χ4n) is 1.97. The van der Waals surface area contributed by atoms with Crippen LogP contribution < -0.4 is 16.8 Å². The second kappa shape index (κ2) is 4.25. The minimum absolute atomic E-state index is 0.322. The Hall–Kier alpha value is -1.36. The van der Waals surface area contributed by atoms with E-state index in [1.807, 2.05) is 6.07 Å². The Morgan fingerprint density at radius 3 is 2.62 bits per heavy atom. The smallest absolute Gasteiger partial charge is 0.222 e. The number of hydrogen-bond donors (Lipinski definition) is 3. The predicted molar refractivity (Wildman–Crippen MR) is 65.2 cm³/mol. The van der Waals surface area contributed by atoms with E-state index in [-0.39, 0.29) is 0 Å². The lowest BCUT2D eigenvalue weighted by Crippen LogP contribution is -2.35. The predicted octanol–water partition coefficient (Wildman–Crippen LogP) is 1.08. The van der Waals surface area contributed by atoms with E-state index < -0.39 is 0 Å². The molecule has 2 rings (SSSR count). The van der Waals surface area contributed by atoms with Gasteiger partial charge in [0, 0.05) is 24.1 Å². The Balaban J connectivity index is 2.15. The average Bonchev–Trinajstić information content (AvgIpc) is 2.10. The van der Waals surface area contributed by atoms with Gasteiger partial charge in [-0.3, -0.25) is 0 Å². The van der Waals surface area contributed by atoms with Crippen molar-refractivity contribution in [3.63, 3.8) is 0 Å². The summed E-state index contributed by atoms with van der Waals surface area (Å²) in [6.07, 6.45) is 2.00. The molecule has 0 aromatic carbocycles. The van der Waals surface area contributed by atoms with Crippen LogP contribution in [0.2, 0.25) is 0 Å². The van der Waals surface area contributed by atoms with E-state index in [0.29, 0.717) is 23.9 Å². The van der Waals surface area contributed by atoms with Crippen LogP contribution in [-0.4, -0.2) is 22.1 Å². The van der Waals surface area contributed by atoms with Gasteiger partial charge < -0.3 is 16.8 Å². The highest BCUT2D eigenvalue weighted by Crippen LogP contribution is 2.35. The van der Waals surface area contributed by atoms with Crippen LogP contribution in [0, 0.1) is 0 Å². The molecule has 5 nitrogen and oxygen atoms in total. The SMILES string of the molecule is CC(C)Nc1cc(C2CC(N)C2)nc(N)n1. The van der Waals surface area contributed by atoms with Crippen molar-refractivity contribution in [2.24, 2.45) is 5.73 Å². The molecule has 88 valence electrons. The van der Waals surface area contributed by atoms with Crippen molar-refractivity contribution >= 4 is 11.8 Å². The van der Waals surface area contributed by atoms with Gasteiger partial charge in [-0.1, -0.05) is 0 Å².